The van der Waals surface area contributed by atoms with Crippen molar-refractivity contribution in [2.75, 3.05) is 23.0 Å². The van der Waals surface area contributed by atoms with Crippen molar-refractivity contribution in [3.8, 4) is 0 Å². The Morgan fingerprint density at radius 1 is 1.62 bits per heavy atom. The molecule has 1 aliphatic rings. The van der Waals surface area contributed by atoms with Gasteiger partial charge in [-0.25, -0.2) is 4.98 Å². The van der Waals surface area contributed by atoms with Gasteiger partial charge in [0.1, 0.15) is 5.82 Å². The molecule has 16 heavy (non-hydrogen) atoms. The van der Waals surface area contributed by atoms with Crippen LogP contribution in [0.4, 0.5) is 5.82 Å². The minimum atomic E-state index is 0.457. The van der Waals surface area contributed by atoms with Gasteiger partial charge in [0.05, 0.1) is 5.02 Å². The third-order valence-electron chi connectivity index (χ3n) is 2.67. The molecule has 0 spiro atoms. The first-order valence-electron chi connectivity index (χ1n) is 5.27. The Hall–Kier alpha value is -0.120. The minimum Gasteiger partial charge on any atom is -0.351 e. The highest BCUT2D eigenvalue weighted by Crippen LogP contribution is 2.29. The summed E-state index contributed by atoms with van der Waals surface area (Å²) in [6, 6.07) is 2.40. The highest BCUT2D eigenvalue weighted by atomic mass is 35.5. The average molecular weight is 277 g/mol. The van der Waals surface area contributed by atoms with Gasteiger partial charge in [0.2, 0.25) is 0 Å². The summed E-state index contributed by atoms with van der Waals surface area (Å²) in [4.78, 5) is 6.70. The summed E-state index contributed by atoms with van der Waals surface area (Å²) >= 11 is 14.0. The molecule has 5 heteroatoms. The summed E-state index contributed by atoms with van der Waals surface area (Å²) in [7, 11) is 0. The van der Waals surface area contributed by atoms with Crippen molar-refractivity contribution in [3.63, 3.8) is 0 Å². The SMILES string of the molecule is CC1CSCCN1c1ncc(CCl)cc1Cl. The molecular weight excluding hydrogens is 263 g/mol. The Morgan fingerprint density at radius 2 is 2.44 bits per heavy atom. The van der Waals surface area contributed by atoms with E-state index in [9.17, 15) is 0 Å². The molecule has 0 saturated carbocycles. The molecule has 1 atom stereocenters. The fourth-order valence-electron chi connectivity index (χ4n) is 1.80. The summed E-state index contributed by atoms with van der Waals surface area (Å²) in [5, 5.41) is 0.705. The molecule has 0 amide bonds. The van der Waals surface area contributed by atoms with Crippen LogP contribution in [-0.4, -0.2) is 29.1 Å². The van der Waals surface area contributed by atoms with Crippen LogP contribution in [0.3, 0.4) is 0 Å². The Balaban J connectivity index is 2.25. The normalized spacial score (nSPS) is 21.2. The van der Waals surface area contributed by atoms with E-state index in [1.165, 1.54) is 0 Å². The van der Waals surface area contributed by atoms with E-state index in [1.807, 2.05) is 24.0 Å². The highest BCUT2D eigenvalue weighted by Gasteiger charge is 2.21. The van der Waals surface area contributed by atoms with Gasteiger partial charge in [-0.2, -0.15) is 11.8 Å². The first kappa shape index (κ1) is 12.3. The lowest BCUT2D eigenvalue weighted by molar-refractivity contribution is 0.689. The van der Waals surface area contributed by atoms with Crippen LogP contribution < -0.4 is 4.90 Å². The zero-order valence-corrected chi connectivity index (χ0v) is 11.4. The number of hydrogen-bond donors (Lipinski definition) is 0. The van der Waals surface area contributed by atoms with Gasteiger partial charge in [-0.05, 0) is 18.6 Å². The lowest BCUT2D eigenvalue weighted by Crippen LogP contribution is -2.41. The minimum absolute atomic E-state index is 0.457. The van der Waals surface area contributed by atoms with Gasteiger partial charge in [-0.3, -0.25) is 0 Å². The van der Waals surface area contributed by atoms with E-state index in [2.05, 4.69) is 16.8 Å². The van der Waals surface area contributed by atoms with E-state index in [-0.39, 0.29) is 0 Å². The monoisotopic (exact) mass is 276 g/mol. The number of aromatic nitrogens is 1. The number of anilines is 1. The lowest BCUT2D eigenvalue weighted by atomic mass is 10.2. The summed E-state index contributed by atoms with van der Waals surface area (Å²) < 4.78 is 0. The molecule has 0 aromatic carbocycles. The van der Waals surface area contributed by atoms with Crippen LogP contribution >= 0.6 is 35.0 Å². The van der Waals surface area contributed by atoms with Gasteiger partial charge in [0.15, 0.2) is 0 Å². The first-order valence-corrected chi connectivity index (χ1v) is 7.34. The van der Waals surface area contributed by atoms with Crippen molar-refractivity contribution in [2.24, 2.45) is 0 Å². The smallest absolute Gasteiger partial charge is 0.147 e. The Kier molecular flexibility index (Phi) is 4.22. The van der Waals surface area contributed by atoms with Crippen LogP contribution in [-0.2, 0) is 5.88 Å². The molecule has 0 aliphatic carbocycles. The Bertz CT molecular complexity index is 373. The number of nitrogens with zero attached hydrogens (tertiary/aromatic N) is 2. The summed E-state index contributed by atoms with van der Waals surface area (Å²) in [6.07, 6.45) is 1.81. The zero-order chi connectivity index (χ0) is 11.5. The standard InChI is InChI=1S/C11H14Cl2N2S/c1-8-7-16-3-2-15(8)11-10(13)4-9(5-12)6-14-11/h4,6,8H,2-3,5,7H2,1H3. The predicted molar refractivity (Wildman–Crippen MR) is 72.9 cm³/mol. The van der Waals surface area contributed by atoms with E-state index in [0.29, 0.717) is 16.9 Å². The molecule has 1 aromatic rings. The molecule has 2 heterocycles. The third-order valence-corrected chi connectivity index (χ3v) is 4.45. The molecule has 1 aliphatic heterocycles. The predicted octanol–water partition coefficient (Wildman–Crippen LogP) is 3.42. The summed E-state index contributed by atoms with van der Waals surface area (Å²) in [5.74, 6) is 3.62. The van der Waals surface area contributed by atoms with Crippen molar-refractivity contribution in [3.05, 3.63) is 22.8 Å². The van der Waals surface area contributed by atoms with Crippen molar-refractivity contribution in [2.45, 2.75) is 18.8 Å². The third kappa shape index (κ3) is 2.58. The van der Waals surface area contributed by atoms with E-state index >= 15 is 0 Å². The fraction of sp³-hybridized carbons (Fsp3) is 0.545. The molecule has 0 N–H and O–H groups in total. The van der Waals surface area contributed by atoms with Crippen LogP contribution in [0.1, 0.15) is 12.5 Å². The van der Waals surface area contributed by atoms with Crippen molar-refractivity contribution in [1.82, 2.24) is 4.98 Å². The van der Waals surface area contributed by atoms with E-state index in [0.717, 1.165) is 29.4 Å². The van der Waals surface area contributed by atoms with E-state index in [4.69, 9.17) is 23.2 Å². The second-order valence-electron chi connectivity index (χ2n) is 3.90. The van der Waals surface area contributed by atoms with Crippen LogP contribution in [0.25, 0.3) is 0 Å². The second kappa shape index (κ2) is 5.48. The number of alkyl halides is 1. The van der Waals surface area contributed by atoms with Crippen LogP contribution in [0.2, 0.25) is 5.02 Å². The molecule has 2 rings (SSSR count). The topological polar surface area (TPSA) is 16.1 Å². The van der Waals surface area contributed by atoms with Gasteiger partial charge in [0.25, 0.3) is 0 Å². The number of halogens is 2. The molecule has 1 saturated heterocycles. The van der Waals surface area contributed by atoms with Crippen LogP contribution in [0, 0.1) is 0 Å². The van der Waals surface area contributed by atoms with Crippen molar-refractivity contribution in [1.29, 1.82) is 0 Å². The van der Waals surface area contributed by atoms with Gasteiger partial charge in [-0.1, -0.05) is 11.6 Å². The number of thioether (sulfide) groups is 1. The molecule has 1 fully saturated rings. The van der Waals surface area contributed by atoms with E-state index < -0.39 is 0 Å². The fourth-order valence-corrected chi connectivity index (χ4v) is 3.25. The number of pyridine rings is 1. The Labute approximate surface area is 110 Å². The largest absolute Gasteiger partial charge is 0.351 e. The molecule has 0 bridgehead atoms. The zero-order valence-electron chi connectivity index (χ0n) is 9.12. The quantitative estimate of drug-likeness (QED) is 0.771. The molecule has 2 nitrogen and oxygen atoms in total. The van der Waals surface area contributed by atoms with Gasteiger partial charge in [0, 0.05) is 36.2 Å². The summed E-state index contributed by atoms with van der Waals surface area (Å²) in [5.41, 5.74) is 0.967. The average Bonchev–Trinajstić information content (AvgIpc) is 2.30. The number of rotatable bonds is 2. The number of hydrogen-bond acceptors (Lipinski definition) is 3. The molecule has 1 unspecified atom stereocenters. The van der Waals surface area contributed by atoms with Gasteiger partial charge in [-0.15, -0.1) is 11.6 Å². The maximum atomic E-state index is 6.24. The molecular formula is C11H14Cl2N2S. The maximum Gasteiger partial charge on any atom is 0.147 e. The molecule has 1 aromatic heterocycles. The maximum absolute atomic E-state index is 6.24. The first-order chi connectivity index (χ1) is 7.72. The van der Waals surface area contributed by atoms with Crippen molar-refractivity contribution < 1.29 is 0 Å². The molecule has 88 valence electrons. The van der Waals surface area contributed by atoms with Gasteiger partial charge >= 0.3 is 0 Å². The Morgan fingerprint density at radius 3 is 3.06 bits per heavy atom. The second-order valence-corrected chi connectivity index (χ2v) is 5.72. The lowest BCUT2D eigenvalue weighted by Gasteiger charge is -2.34. The van der Waals surface area contributed by atoms with E-state index in [1.54, 1.807) is 0 Å². The summed E-state index contributed by atoms with van der Waals surface area (Å²) in [6.45, 7) is 3.22. The highest BCUT2D eigenvalue weighted by molar-refractivity contribution is 7.99. The van der Waals surface area contributed by atoms with Gasteiger partial charge < -0.3 is 4.90 Å². The van der Waals surface area contributed by atoms with Crippen LogP contribution in [0.15, 0.2) is 12.3 Å². The van der Waals surface area contributed by atoms with Crippen LogP contribution in [0.5, 0.6) is 0 Å². The molecule has 0 radical (unpaired) electrons. The van der Waals surface area contributed by atoms with Crippen molar-refractivity contribution >= 4 is 40.8 Å².